The number of hydrogen-bond acceptors (Lipinski definition) is 4. The number of hydrogen-bond donors (Lipinski definition) is 0. The molecule has 5 nitrogen and oxygen atoms in total. The second-order valence-corrected chi connectivity index (χ2v) is 7.54. The van der Waals surface area contributed by atoms with Crippen molar-refractivity contribution in [2.24, 2.45) is 17.3 Å². The minimum absolute atomic E-state index is 0.00658. The first-order valence-corrected chi connectivity index (χ1v) is 8.57. The van der Waals surface area contributed by atoms with E-state index in [1.54, 1.807) is 35.2 Å². The lowest BCUT2D eigenvalue weighted by molar-refractivity contribution is -0.142. The number of likely N-dealkylation sites (tertiary alicyclic amines) is 1. The standard InChI is InChI=1S/C20H24N2O3/c1-20(2,3)19(25)22-11-7-10-15(13-22)18(24)16(12-21)17(23)14-8-5-4-6-9-14/h4-6,8-9,15-16H,7,10-11,13H2,1-3H3/t15-,16+/m0/s1. The van der Waals surface area contributed by atoms with Gasteiger partial charge in [-0.3, -0.25) is 14.4 Å². The highest BCUT2D eigenvalue weighted by molar-refractivity contribution is 6.13. The predicted molar refractivity (Wildman–Crippen MR) is 93.6 cm³/mol. The van der Waals surface area contributed by atoms with Crippen LogP contribution in [-0.2, 0) is 9.59 Å². The summed E-state index contributed by atoms with van der Waals surface area (Å²) in [5.41, 5.74) is -0.153. The Bertz CT molecular complexity index is 698. The zero-order valence-electron chi connectivity index (χ0n) is 15.0. The Morgan fingerprint density at radius 2 is 1.84 bits per heavy atom. The van der Waals surface area contributed by atoms with Crippen LogP contribution in [0.4, 0.5) is 0 Å². The van der Waals surface area contributed by atoms with Gasteiger partial charge in [0.05, 0.1) is 6.07 Å². The van der Waals surface area contributed by atoms with E-state index in [1.807, 2.05) is 26.8 Å². The van der Waals surface area contributed by atoms with Crippen LogP contribution in [0.3, 0.4) is 0 Å². The lowest BCUT2D eigenvalue weighted by Crippen LogP contribution is -2.48. The maximum absolute atomic E-state index is 12.8. The fourth-order valence-electron chi connectivity index (χ4n) is 3.12. The molecule has 0 spiro atoms. The number of carbonyl (C=O) groups excluding carboxylic acids is 3. The zero-order chi connectivity index (χ0) is 18.6. The first kappa shape index (κ1) is 18.9. The van der Waals surface area contributed by atoms with E-state index >= 15 is 0 Å². The third-order valence-electron chi connectivity index (χ3n) is 4.49. The highest BCUT2D eigenvalue weighted by Crippen LogP contribution is 2.26. The molecule has 1 aromatic carbocycles. The molecule has 0 radical (unpaired) electrons. The Morgan fingerprint density at radius 3 is 2.40 bits per heavy atom. The van der Waals surface area contributed by atoms with Crippen LogP contribution in [0, 0.1) is 28.6 Å². The highest BCUT2D eigenvalue weighted by atomic mass is 16.2. The molecule has 0 unspecified atom stereocenters. The molecule has 0 bridgehead atoms. The molecule has 1 heterocycles. The Kier molecular flexibility index (Phi) is 5.73. The van der Waals surface area contributed by atoms with Gasteiger partial charge < -0.3 is 4.90 Å². The average Bonchev–Trinajstić information content (AvgIpc) is 2.61. The van der Waals surface area contributed by atoms with Gasteiger partial charge in [0.15, 0.2) is 17.5 Å². The van der Waals surface area contributed by atoms with Gasteiger partial charge in [-0.15, -0.1) is 0 Å². The second-order valence-electron chi connectivity index (χ2n) is 7.54. The van der Waals surface area contributed by atoms with Crippen molar-refractivity contribution in [3.05, 3.63) is 35.9 Å². The van der Waals surface area contributed by atoms with E-state index in [4.69, 9.17) is 0 Å². The zero-order valence-corrected chi connectivity index (χ0v) is 15.0. The number of nitriles is 1. The Morgan fingerprint density at radius 1 is 1.20 bits per heavy atom. The average molecular weight is 340 g/mol. The van der Waals surface area contributed by atoms with E-state index in [0.717, 1.165) is 0 Å². The minimum atomic E-state index is -1.31. The van der Waals surface area contributed by atoms with E-state index in [-0.39, 0.29) is 18.2 Å². The Labute approximate surface area is 148 Å². The van der Waals surface area contributed by atoms with Crippen molar-refractivity contribution in [3.63, 3.8) is 0 Å². The van der Waals surface area contributed by atoms with Gasteiger partial charge in [0.25, 0.3) is 0 Å². The van der Waals surface area contributed by atoms with Crippen LogP contribution in [-0.4, -0.2) is 35.5 Å². The lowest BCUT2D eigenvalue weighted by atomic mass is 9.83. The summed E-state index contributed by atoms with van der Waals surface area (Å²) in [6, 6.07) is 10.3. The van der Waals surface area contributed by atoms with Crippen molar-refractivity contribution in [2.45, 2.75) is 33.6 Å². The quantitative estimate of drug-likeness (QED) is 0.624. The van der Waals surface area contributed by atoms with E-state index in [1.165, 1.54) is 0 Å². The van der Waals surface area contributed by atoms with Crippen molar-refractivity contribution in [2.75, 3.05) is 13.1 Å². The van der Waals surface area contributed by atoms with Gasteiger partial charge >= 0.3 is 0 Å². The predicted octanol–water partition coefficient (Wildman–Crippen LogP) is 2.86. The number of Topliss-reactive ketones (excluding diaryl/α,β-unsaturated/α-hetero) is 2. The summed E-state index contributed by atoms with van der Waals surface area (Å²) in [6.07, 6.45) is 1.31. The largest absolute Gasteiger partial charge is 0.342 e. The molecule has 2 atom stereocenters. The summed E-state index contributed by atoms with van der Waals surface area (Å²) < 4.78 is 0. The number of amides is 1. The van der Waals surface area contributed by atoms with Gasteiger partial charge in [-0.05, 0) is 12.8 Å². The van der Waals surface area contributed by atoms with Crippen molar-refractivity contribution < 1.29 is 14.4 Å². The normalized spacial score (nSPS) is 19.0. The van der Waals surface area contributed by atoms with Gasteiger partial charge in [-0.1, -0.05) is 51.1 Å². The third-order valence-corrected chi connectivity index (χ3v) is 4.49. The molecule has 2 rings (SSSR count). The van der Waals surface area contributed by atoms with Crippen LogP contribution < -0.4 is 0 Å². The summed E-state index contributed by atoms with van der Waals surface area (Å²) >= 11 is 0. The summed E-state index contributed by atoms with van der Waals surface area (Å²) in [4.78, 5) is 39.4. The van der Waals surface area contributed by atoms with Crippen LogP contribution >= 0.6 is 0 Å². The van der Waals surface area contributed by atoms with Crippen molar-refractivity contribution in [3.8, 4) is 6.07 Å². The number of rotatable bonds is 4. The third kappa shape index (κ3) is 4.33. The molecule has 0 aromatic heterocycles. The van der Waals surface area contributed by atoms with Crippen LogP contribution in [0.25, 0.3) is 0 Å². The number of carbonyl (C=O) groups is 3. The highest BCUT2D eigenvalue weighted by Gasteiger charge is 2.38. The van der Waals surface area contributed by atoms with Crippen molar-refractivity contribution >= 4 is 17.5 Å². The van der Waals surface area contributed by atoms with Crippen molar-refractivity contribution in [1.82, 2.24) is 4.90 Å². The first-order chi connectivity index (χ1) is 11.8. The number of benzene rings is 1. The monoisotopic (exact) mass is 340 g/mol. The molecule has 1 amide bonds. The Balaban J connectivity index is 2.14. The van der Waals surface area contributed by atoms with Crippen molar-refractivity contribution in [1.29, 1.82) is 5.26 Å². The van der Waals surface area contributed by atoms with E-state index in [9.17, 15) is 19.6 Å². The molecular formula is C20H24N2O3. The Hall–Kier alpha value is -2.48. The summed E-state index contributed by atoms with van der Waals surface area (Å²) in [6.45, 7) is 6.44. The lowest BCUT2D eigenvalue weighted by Gasteiger charge is -2.36. The second kappa shape index (κ2) is 7.60. The molecule has 1 saturated heterocycles. The molecule has 0 saturated carbocycles. The molecule has 1 aromatic rings. The topological polar surface area (TPSA) is 78.2 Å². The van der Waals surface area contributed by atoms with Crippen LogP contribution in [0.5, 0.6) is 0 Å². The maximum Gasteiger partial charge on any atom is 0.227 e. The van der Waals surface area contributed by atoms with E-state index in [2.05, 4.69) is 0 Å². The minimum Gasteiger partial charge on any atom is -0.342 e. The van der Waals surface area contributed by atoms with Gasteiger partial charge in [0, 0.05) is 30.0 Å². The van der Waals surface area contributed by atoms with E-state index in [0.29, 0.717) is 24.9 Å². The first-order valence-electron chi connectivity index (χ1n) is 8.57. The molecule has 1 aliphatic rings. The van der Waals surface area contributed by atoms with Gasteiger partial charge in [0.2, 0.25) is 5.91 Å². The SMILES string of the molecule is CC(C)(C)C(=O)N1CCC[C@H](C(=O)[C@H](C#N)C(=O)c2ccccc2)C1. The molecule has 1 fully saturated rings. The van der Waals surface area contributed by atoms with E-state index < -0.39 is 23.0 Å². The summed E-state index contributed by atoms with van der Waals surface area (Å²) in [5, 5.41) is 9.39. The molecule has 5 heteroatoms. The number of piperidine rings is 1. The molecule has 132 valence electrons. The molecule has 25 heavy (non-hydrogen) atoms. The number of nitrogens with zero attached hydrogens (tertiary/aromatic N) is 2. The van der Waals surface area contributed by atoms with Gasteiger partial charge in [-0.25, -0.2) is 0 Å². The number of ketones is 2. The molecule has 0 aliphatic carbocycles. The maximum atomic E-state index is 12.8. The molecule has 1 aliphatic heterocycles. The van der Waals surface area contributed by atoms with Crippen LogP contribution in [0.1, 0.15) is 44.0 Å². The van der Waals surface area contributed by atoms with Crippen LogP contribution in [0.2, 0.25) is 0 Å². The van der Waals surface area contributed by atoms with Gasteiger partial charge in [0.1, 0.15) is 0 Å². The fourth-order valence-corrected chi connectivity index (χ4v) is 3.12. The summed E-state index contributed by atoms with van der Waals surface area (Å²) in [5.74, 6) is -2.61. The van der Waals surface area contributed by atoms with Crippen LogP contribution in [0.15, 0.2) is 30.3 Å². The molecular weight excluding hydrogens is 316 g/mol. The summed E-state index contributed by atoms with van der Waals surface area (Å²) in [7, 11) is 0. The smallest absolute Gasteiger partial charge is 0.227 e. The van der Waals surface area contributed by atoms with Gasteiger partial charge in [-0.2, -0.15) is 5.26 Å². The fraction of sp³-hybridized carbons (Fsp3) is 0.500. The molecule has 0 N–H and O–H groups in total.